The third-order valence-electron chi connectivity index (χ3n) is 2.38. The van der Waals surface area contributed by atoms with E-state index < -0.39 is 30.1 Å². The van der Waals surface area contributed by atoms with Crippen LogP contribution in [0.1, 0.15) is 11.1 Å². The summed E-state index contributed by atoms with van der Waals surface area (Å²) >= 11 is 5.73. The molecule has 0 unspecified atom stereocenters. The Morgan fingerprint density at radius 3 is 2.35 bits per heavy atom. The Hall–Kier alpha value is -1.62. The predicted molar refractivity (Wildman–Crippen MR) is 58.6 cm³/mol. The summed E-state index contributed by atoms with van der Waals surface area (Å²) in [6.07, 6.45) is -0.475. The van der Waals surface area contributed by atoms with Crippen molar-refractivity contribution in [2.75, 3.05) is 0 Å². The van der Waals surface area contributed by atoms with Gasteiger partial charge < -0.3 is 10.2 Å². The molecule has 0 bridgehead atoms. The van der Waals surface area contributed by atoms with E-state index >= 15 is 0 Å². The molecular weight excluding hydrogens is 251 g/mol. The van der Waals surface area contributed by atoms with Gasteiger partial charge in [-0.15, -0.1) is 0 Å². The van der Waals surface area contributed by atoms with Crippen LogP contribution in [0.2, 0.25) is 5.02 Å². The van der Waals surface area contributed by atoms with Crippen LogP contribution in [-0.4, -0.2) is 22.2 Å². The lowest BCUT2D eigenvalue weighted by molar-refractivity contribution is -0.154. The van der Waals surface area contributed by atoms with Gasteiger partial charge in [0.25, 0.3) is 0 Å². The molecule has 2 N–H and O–H groups in total. The second-order valence-electron chi connectivity index (χ2n) is 3.59. The van der Waals surface area contributed by atoms with Gasteiger partial charge in [-0.3, -0.25) is 9.59 Å². The van der Waals surface area contributed by atoms with Crippen LogP contribution < -0.4 is 0 Å². The first-order chi connectivity index (χ1) is 7.84. The minimum atomic E-state index is -1.70. The first-order valence-electron chi connectivity index (χ1n) is 4.73. The fraction of sp³-hybridized carbons (Fsp3) is 0.273. The van der Waals surface area contributed by atoms with Crippen molar-refractivity contribution in [3.05, 3.63) is 34.1 Å². The summed E-state index contributed by atoms with van der Waals surface area (Å²) in [6.45, 7) is 1.49. The Balaban J connectivity index is 3.13. The molecule has 0 aliphatic carbocycles. The van der Waals surface area contributed by atoms with Crippen LogP contribution in [-0.2, 0) is 16.0 Å². The van der Waals surface area contributed by atoms with Crippen LogP contribution in [0.15, 0.2) is 12.1 Å². The molecule has 0 aromatic heterocycles. The highest BCUT2D eigenvalue weighted by Crippen LogP contribution is 2.25. The van der Waals surface area contributed by atoms with E-state index in [4.69, 9.17) is 21.8 Å². The fourth-order valence-corrected chi connectivity index (χ4v) is 1.61. The Labute approximate surface area is 102 Å². The molecule has 0 fully saturated rings. The van der Waals surface area contributed by atoms with Crippen LogP contribution in [0, 0.1) is 18.7 Å². The summed E-state index contributed by atoms with van der Waals surface area (Å²) in [6, 6.07) is 2.85. The largest absolute Gasteiger partial charge is 0.481 e. The summed E-state index contributed by atoms with van der Waals surface area (Å²) < 4.78 is 13.7. The Morgan fingerprint density at radius 2 is 1.88 bits per heavy atom. The number of carboxylic acid groups (broad SMARTS) is 2. The van der Waals surface area contributed by atoms with Gasteiger partial charge in [-0.25, -0.2) is 4.39 Å². The van der Waals surface area contributed by atoms with Crippen LogP contribution >= 0.6 is 11.6 Å². The monoisotopic (exact) mass is 260 g/mol. The molecule has 0 amide bonds. The van der Waals surface area contributed by atoms with E-state index in [1.54, 1.807) is 0 Å². The highest BCUT2D eigenvalue weighted by atomic mass is 35.5. The maximum absolute atomic E-state index is 13.7. The third kappa shape index (κ3) is 2.94. The zero-order valence-electron chi connectivity index (χ0n) is 8.91. The molecule has 6 heteroatoms. The molecule has 1 rings (SSSR count). The normalized spacial score (nSPS) is 10.6. The topological polar surface area (TPSA) is 74.6 Å². The minimum Gasteiger partial charge on any atom is -0.481 e. The maximum atomic E-state index is 13.7. The predicted octanol–water partition coefficient (Wildman–Crippen LogP) is 2.12. The van der Waals surface area contributed by atoms with E-state index in [0.29, 0.717) is 5.56 Å². The van der Waals surface area contributed by atoms with Crippen molar-refractivity contribution < 1.29 is 24.2 Å². The highest BCUT2D eigenvalue weighted by molar-refractivity contribution is 6.31. The Morgan fingerprint density at radius 1 is 1.35 bits per heavy atom. The average molecular weight is 261 g/mol. The van der Waals surface area contributed by atoms with Crippen LogP contribution in [0.25, 0.3) is 0 Å². The number of halogens is 2. The van der Waals surface area contributed by atoms with Crippen molar-refractivity contribution in [3.8, 4) is 0 Å². The quantitative estimate of drug-likeness (QED) is 0.813. The molecular formula is C11H10ClFO4. The summed E-state index contributed by atoms with van der Waals surface area (Å²) in [4.78, 5) is 21.4. The van der Waals surface area contributed by atoms with Crippen molar-refractivity contribution in [1.29, 1.82) is 0 Å². The number of hydrogen-bond donors (Lipinski definition) is 2. The van der Waals surface area contributed by atoms with Crippen molar-refractivity contribution >= 4 is 23.5 Å². The van der Waals surface area contributed by atoms with Gasteiger partial charge >= 0.3 is 11.9 Å². The molecule has 4 nitrogen and oxygen atoms in total. The van der Waals surface area contributed by atoms with Gasteiger partial charge in [0.2, 0.25) is 0 Å². The molecule has 17 heavy (non-hydrogen) atoms. The SMILES string of the molecule is Cc1ccc(Cl)c(CC(C(=O)O)C(=O)O)c1F. The Bertz CT molecular complexity index is 459. The second kappa shape index (κ2) is 5.14. The standard InChI is InChI=1S/C11H10ClFO4/c1-5-2-3-8(12)6(9(5)13)4-7(10(14)15)11(16)17/h2-3,7H,4H2,1H3,(H,14,15)(H,16,17). The summed E-state index contributed by atoms with van der Waals surface area (Å²) in [5.74, 6) is -5.40. The number of hydrogen-bond acceptors (Lipinski definition) is 2. The maximum Gasteiger partial charge on any atom is 0.318 e. The average Bonchev–Trinajstić information content (AvgIpc) is 2.23. The van der Waals surface area contributed by atoms with E-state index in [0.717, 1.165) is 0 Å². The lowest BCUT2D eigenvalue weighted by Crippen LogP contribution is -2.26. The van der Waals surface area contributed by atoms with Gasteiger partial charge in [-0.1, -0.05) is 17.7 Å². The molecule has 92 valence electrons. The summed E-state index contributed by atoms with van der Waals surface area (Å²) in [7, 11) is 0. The highest BCUT2D eigenvalue weighted by Gasteiger charge is 2.28. The molecule has 1 aromatic carbocycles. The van der Waals surface area contributed by atoms with Crippen LogP contribution in [0.3, 0.4) is 0 Å². The number of rotatable bonds is 4. The molecule has 0 heterocycles. The zero-order chi connectivity index (χ0) is 13.2. The first-order valence-corrected chi connectivity index (χ1v) is 5.11. The fourth-order valence-electron chi connectivity index (χ4n) is 1.39. The van der Waals surface area contributed by atoms with Crippen molar-refractivity contribution in [2.45, 2.75) is 13.3 Å². The minimum absolute atomic E-state index is 0.0283. The number of benzene rings is 1. The van der Waals surface area contributed by atoms with E-state index in [1.165, 1.54) is 19.1 Å². The number of aryl methyl sites for hydroxylation is 1. The van der Waals surface area contributed by atoms with Crippen LogP contribution in [0.4, 0.5) is 4.39 Å². The molecule has 0 saturated heterocycles. The molecule has 0 radical (unpaired) electrons. The van der Waals surface area contributed by atoms with E-state index in [-0.39, 0.29) is 10.6 Å². The van der Waals surface area contributed by atoms with E-state index in [1.807, 2.05) is 0 Å². The van der Waals surface area contributed by atoms with Crippen molar-refractivity contribution in [1.82, 2.24) is 0 Å². The first kappa shape index (κ1) is 13.4. The van der Waals surface area contributed by atoms with Gasteiger partial charge in [0.1, 0.15) is 5.82 Å². The Kier molecular flexibility index (Phi) is 4.07. The van der Waals surface area contributed by atoms with Crippen molar-refractivity contribution in [3.63, 3.8) is 0 Å². The molecule has 1 aromatic rings. The molecule has 0 aliphatic heterocycles. The smallest absolute Gasteiger partial charge is 0.318 e. The van der Waals surface area contributed by atoms with Gasteiger partial charge in [0.15, 0.2) is 5.92 Å². The van der Waals surface area contributed by atoms with Gasteiger partial charge in [-0.2, -0.15) is 0 Å². The van der Waals surface area contributed by atoms with E-state index in [2.05, 4.69) is 0 Å². The molecule has 0 atom stereocenters. The van der Waals surface area contributed by atoms with E-state index in [9.17, 15) is 14.0 Å². The van der Waals surface area contributed by atoms with Crippen LogP contribution in [0.5, 0.6) is 0 Å². The zero-order valence-corrected chi connectivity index (χ0v) is 9.66. The van der Waals surface area contributed by atoms with Gasteiger partial charge in [-0.05, 0) is 18.6 Å². The summed E-state index contributed by atoms with van der Waals surface area (Å²) in [5, 5.41) is 17.4. The van der Waals surface area contributed by atoms with Gasteiger partial charge in [0.05, 0.1) is 0 Å². The second-order valence-corrected chi connectivity index (χ2v) is 4.00. The van der Waals surface area contributed by atoms with Crippen molar-refractivity contribution in [2.24, 2.45) is 5.92 Å². The lowest BCUT2D eigenvalue weighted by atomic mass is 9.97. The number of aliphatic carboxylic acids is 2. The molecule has 0 saturated carbocycles. The number of carbonyl (C=O) groups is 2. The number of carboxylic acids is 2. The summed E-state index contributed by atoms with van der Waals surface area (Å²) in [5.41, 5.74) is 0.209. The lowest BCUT2D eigenvalue weighted by Gasteiger charge is -2.11. The van der Waals surface area contributed by atoms with Gasteiger partial charge in [0, 0.05) is 17.0 Å². The molecule has 0 aliphatic rings. The third-order valence-corrected chi connectivity index (χ3v) is 2.74. The molecule has 0 spiro atoms.